The number of carbonyl (C=O) groups is 2. The molecule has 0 fully saturated rings. The van der Waals surface area contributed by atoms with E-state index in [4.69, 9.17) is 0 Å². The van der Waals surface area contributed by atoms with E-state index < -0.39 is 11.9 Å². The molecule has 3 heterocycles. The normalized spacial score (nSPS) is 18.8. The van der Waals surface area contributed by atoms with Crippen LogP contribution in [0.2, 0.25) is 0 Å². The topological polar surface area (TPSA) is 104 Å². The molecule has 0 unspecified atom stereocenters. The van der Waals surface area contributed by atoms with Gasteiger partial charge in [-0.1, -0.05) is 43.3 Å². The maximum atomic E-state index is 12.9. The summed E-state index contributed by atoms with van der Waals surface area (Å²) in [4.78, 5) is 34.4. The fourth-order valence-corrected chi connectivity index (χ4v) is 3.61. The lowest BCUT2D eigenvalue weighted by molar-refractivity contribution is -0.120. The Morgan fingerprint density at radius 1 is 1.21 bits per heavy atom. The first-order valence-corrected chi connectivity index (χ1v) is 9.51. The molecule has 4 rings (SSSR count). The van der Waals surface area contributed by atoms with Crippen molar-refractivity contribution in [3.8, 4) is 0 Å². The third-order valence-corrected chi connectivity index (χ3v) is 5.15. The van der Waals surface area contributed by atoms with Crippen molar-refractivity contribution < 1.29 is 9.59 Å². The Kier molecular flexibility index (Phi) is 5.07. The first-order chi connectivity index (χ1) is 14.0. The molecule has 1 aliphatic heterocycles. The van der Waals surface area contributed by atoms with Crippen molar-refractivity contribution in [3.05, 3.63) is 71.4 Å². The van der Waals surface area contributed by atoms with E-state index in [1.54, 1.807) is 13.2 Å². The van der Waals surface area contributed by atoms with Crippen LogP contribution in [0, 0.1) is 0 Å². The Morgan fingerprint density at radius 2 is 2.00 bits per heavy atom. The number of nitrogens with zero attached hydrogens (tertiary/aromatic N) is 4. The molecule has 2 amide bonds. The predicted molar refractivity (Wildman–Crippen MR) is 108 cm³/mol. The minimum absolute atomic E-state index is 0.0706. The monoisotopic (exact) mass is 390 g/mol. The second-order valence-corrected chi connectivity index (χ2v) is 7.26. The molecule has 0 spiro atoms. The molecule has 2 N–H and O–H groups in total. The summed E-state index contributed by atoms with van der Waals surface area (Å²) in [5.41, 5.74) is 2.06. The Morgan fingerprint density at radius 3 is 2.79 bits per heavy atom. The van der Waals surface area contributed by atoms with Crippen molar-refractivity contribution in [3.63, 3.8) is 0 Å². The molecule has 3 aromatic rings. The zero-order valence-electron chi connectivity index (χ0n) is 16.3. The fourth-order valence-electron chi connectivity index (χ4n) is 3.61. The van der Waals surface area contributed by atoms with Gasteiger partial charge in [-0.3, -0.25) is 14.5 Å². The van der Waals surface area contributed by atoms with Gasteiger partial charge >= 0.3 is 0 Å². The van der Waals surface area contributed by atoms with Crippen molar-refractivity contribution in [1.29, 1.82) is 0 Å². The van der Waals surface area contributed by atoms with Crippen LogP contribution in [0.5, 0.6) is 0 Å². The van der Waals surface area contributed by atoms with E-state index >= 15 is 0 Å². The Balaban J connectivity index is 1.48. The van der Waals surface area contributed by atoms with Crippen molar-refractivity contribution in [1.82, 2.24) is 25.5 Å². The average molecular weight is 390 g/mol. The molecule has 0 bridgehead atoms. The highest BCUT2D eigenvalue weighted by Gasteiger charge is 2.33. The van der Waals surface area contributed by atoms with Gasteiger partial charge in [0.05, 0.1) is 0 Å². The second kappa shape index (κ2) is 7.83. The van der Waals surface area contributed by atoms with E-state index in [-0.39, 0.29) is 17.6 Å². The SMILES string of the molecule is C[C@H]1C[C@H](NC(=O)c2nnc(Cc3ccccc3)[nH]2)C(=O)N(C)c2ncccc21. The highest BCUT2D eigenvalue weighted by Crippen LogP contribution is 2.32. The third-order valence-electron chi connectivity index (χ3n) is 5.15. The number of rotatable bonds is 4. The van der Waals surface area contributed by atoms with Crippen molar-refractivity contribution >= 4 is 17.6 Å². The molecular formula is C21H22N6O2. The number of hydrogen-bond acceptors (Lipinski definition) is 5. The maximum absolute atomic E-state index is 12.9. The average Bonchev–Trinajstić information content (AvgIpc) is 3.18. The number of pyridine rings is 1. The van der Waals surface area contributed by atoms with E-state index in [1.165, 1.54) is 4.90 Å². The van der Waals surface area contributed by atoms with Gasteiger partial charge in [-0.15, -0.1) is 10.2 Å². The smallest absolute Gasteiger partial charge is 0.289 e. The van der Waals surface area contributed by atoms with Gasteiger partial charge in [0.1, 0.15) is 17.7 Å². The lowest BCUT2D eigenvalue weighted by Gasteiger charge is -2.20. The summed E-state index contributed by atoms with van der Waals surface area (Å²) in [6, 6.07) is 13.0. The summed E-state index contributed by atoms with van der Waals surface area (Å²) in [6.07, 6.45) is 2.69. The number of likely N-dealkylation sites (N-methyl/N-ethyl adjacent to an activating group) is 1. The second-order valence-electron chi connectivity index (χ2n) is 7.26. The zero-order valence-corrected chi connectivity index (χ0v) is 16.3. The van der Waals surface area contributed by atoms with Crippen molar-refractivity contribution in [2.24, 2.45) is 0 Å². The molecular weight excluding hydrogens is 368 g/mol. The first-order valence-electron chi connectivity index (χ1n) is 9.51. The summed E-state index contributed by atoms with van der Waals surface area (Å²) in [5.74, 6) is 0.740. The summed E-state index contributed by atoms with van der Waals surface area (Å²) in [7, 11) is 1.68. The van der Waals surface area contributed by atoms with Crippen molar-refractivity contribution in [2.75, 3.05) is 11.9 Å². The van der Waals surface area contributed by atoms with Gasteiger partial charge in [0, 0.05) is 19.7 Å². The number of benzene rings is 1. The highest BCUT2D eigenvalue weighted by molar-refractivity contribution is 6.01. The van der Waals surface area contributed by atoms with E-state index in [2.05, 4.69) is 25.5 Å². The van der Waals surface area contributed by atoms with Crippen LogP contribution in [-0.2, 0) is 11.2 Å². The largest absolute Gasteiger partial charge is 0.337 e. The van der Waals surface area contributed by atoms with Crippen LogP contribution in [0.4, 0.5) is 5.82 Å². The van der Waals surface area contributed by atoms with Gasteiger partial charge in [0.25, 0.3) is 5.91 Å². The number of aromatic amines is 1. The van der Waals surface area contributed by atoms with E-state index in [1.807, 2.05) is 49.4 Å². The molecule has 2 aromatic heterocycles. The number of carbonyl (C=O) groups excluding carboxylic acids is 2. The number of nitrogens with one attached hydrogen (secondary N) is 2. The molecule has 0 saturated carbocycles. The molecule has 148 valence electrons. The minimum atomic E-state index is -0.667. The molecule has 1 aliphatic rings. The zero-order chi connectivity index (χ0) is 20.4. The molecule has 0 radical (unpaired) electrons. The molecule has 29 heavy (non-hydrogen) atoms. The van der Waals surface area contributed by atoms with Gasteiger partial charge in [0.2, 0.25) is 11.7 Å². The van der Waals surface area contributed by atoms with E-state index in [9.17, 15) is 9.59 Å². The van der Waals surface area contributed by atoms with Crippen LogP contribution in [0.15, 0.2) is 48.7 Å². The lowest BCUT2D eigenvalue weighted by atomic mass is 9.95. The Labute approximate surface area is 168 Å². The fraction of sp³-hybridized carbons (Fsp3) is 0.286. The van der Waals surface area contributed by atoms with Crippen LogP contribution in [-0.4, -0.2) is 45.1 Å². The van der Waals surface area contributed by atoms with Crippen LogP contribution in [0.25, 0.3) is 0 Å². The van der Waals surface area contributed by atoms with Gasteiger partial charge in [-0.2, -0.15) is 0 Å². The lowest BCUT2D eigenvalue weighted by Crippen LogP contribution is -2.47. The predicted octanol–water partition coefficient (Wildman–Crippen LogP) is 2.06. The van der Waals surface area contributed by atoms with Crippen LogP contribution >= 0.6 is 0 Å². The van der Waals surface area contributed by atoms with Crippen LogP contribution in [0.3, 0.4) is 0 Å². The van der Waals surface area contributed by atoms with Gasteiger partial charge in [0.15, 0.2) is 0 Å². The molecule has 2 atom stereocenters. The van der Waals surface area contributed by atoms with E-state index in [0.717, 1.165) is 11.1 Å². The van der Waals surface area contributed by atoms with Crippen LogP contribution < -0.4 is 10.2 Å². The standard InChI is InChI=1S/C21H22N6O2/c1-13-11-16(21(29)27(2)19-15(13)9-6-10-22-19)23-20(28)18-24-17(25-26-18)12-14-7-4-3-5-8-14/h3-10,13,16H,11-12H2,1-2H3,(H,23,28)(H,24,25,26)/t13-,16-/m0/s1. The van der Waals surface area contributed by atoms with Gasteiger partial charge in [-0.05, 0) is 29.5 Å². The number of hydrogen-bond donors (Lipinski definition) is 2. The molecule has 0 saturated heterocycles. The number of fused-ring (bicyclic) bond motifs is 1. The number of amides is 2. The summed E-state index contributed by atoms with van der Waals surface area (Å²) in [6.45, 7) is 2.03. The summed E-state index contributed by atoms with van der Waals surface area (Å²) in [5, 5.41) is 10.8. The minimum Gasteiger partial charge on any atom is -0.337 e. The van der Waals surface area contributed by atoms with Gasteiger partial charge < -0.3 is 10.3 Å². The number of anilines is 1. The maximum Gasteiger partial charge on any atom is 0.289 e. The Bertz CT molecular complexity index is 1030. The summed E-state index contributed by atoms with van der Waals surface area (Å²) >= 11 is 0. The third kappa shape index (κ3) is 3.87. The van der Waals surface area contributed by atoms with Crippen LogP contribution in [0.1, 0.15) is 46.8 Å². The Hall–Kier alpha value is -3.55. The number of aromatic nitrogens is 4. The van der Waals surface area contributed by atoms with Crippen molar-refractivity contribution in [2.45, 2.75) is 31.7 Å². The van der Waals surface area contributed by atoms with E-state index in [0.29, 0.717) is 24.5 Å². The molecule has 8 nitrogen and oxygen atoms in total. The van der Waals surface area contributed by atoms with Gasteiger partial charge in [-0.25, -0.2) is 4.98 Å². The highest BCUT2D eigenvalue weighted by atomic mass is 16.2. The molecule has 8 heteroatoms. The molecule has 1 aromatic carbocycles. The quantitative estimate of drug-likeness (QED) is 0.710. The summed E-state index contributed by atoms with van der Waals surface area (Å²) < 4.78 is 0. The number of H-pyrrole nitrogens is 1. The first kappa shape index (κ1) is 18.8. The molecule has 0 aliphatic carbocycles.